The Bertz CT molecular complexity index is 942. The van der Waals surface area contributed by atoms with Gasteiger partial charge in [0.25, 0.3) is 0 Å². The quantitative estimate of drug-likeness (QED) is 0.145. The molecule has 2 heterocycles. The molecule has 2 fully saturated rings. The third kappa shape index (κ3) is 8.26. The minimum Gasteiger partial charge on any atom is -0.479 e. The van der Waals surface area contributed by atoms with Gasteiger partial charge in [-0.2, -0.15) is 21.6 Å². The second-order valence-corrected chi connectivity index (χ2v) is 11.6. The van der Waals surface area contributed by atoms with Gasteiger partial charge in [-0.25, -0.2) is 8.98 Å². The fourth-order valence-electron chi connectivity index (χ4n) is 4.87. The predicted octanol–water partition coefficient (Wildman–Crippen LogP) is -1.67. The number of aliphatic hydroxyl groups excluding tert-OH is 2. The zero-order chi connectivity index (χ0) is 27.4. The summed E-state index contributed by atoms with van der Waals surface area (Å²) in [6.07, 6.45) is -4.15. The molecule has 0 bridgehead atoms. The van der Waals surface area contributed by atoms with Crippen molar-refractivity contribution >= 4 is 26.7 Å². The van der Waals surface area contributed by atoms with Crippen LogP contribution in [-0.2, 0) is 43.9 Å². The Kier molecular flexibility index (Phi) is 11.0. The van der Waals surface area contributed by atoms with Gasteiger partial charge in [-0.1, -0.05) is 20.8 Å². The average molecular weight is 566 g/mol. The summed E-state index contributed by atoms with van der Waals surface area (Å²) in [4.78, 5) is 11.6. The number of aliphatic carboxylic acids is 1. The SMILES string of the molecule is CC1[C@H](COC[C@H]2C(COS(=O)(=O)O)O[C@@H](CO)C(NS(=O)(=O)O)[C@H]2C)OC(C(=O)O)[C@H](CO)[C@@H]1C. The lowest BCUT2D eigenvalue weighted by Gasteiger charge is -2.45. The highest BCUT2D eigenvalue weighted by Crippen LogP contribution is 2.36. The highest BCUT2D eigenvalue weighted by atomic mass is 32.3. The van der Waals surface area contributed by atoms with Gasteiger partial charge in [-0.05, 0) is 17.8 Å². The minimum atomic E-state index is -4.83. The van der Waals surface area contributed by atoms with Crippen LogP contribution in [0.4, 0.5) is 0 Å². The molecular formula is C19H35NO14S2. The Hall–Kier alpha value is -0.990. The normalized spacial score (nSPS) is 38.1. The van der Waals surface area contributed by atoms with Gasteiger partial charge in [0.05, 0.1) is 50.8 Å². The molecule has 10 atom stereocenters. The fourth-order valence-corrected chi connectivity index (χ4v) is 5.89. The summed E-state index contributed by atoms with van der Waals surface area (Å²) in [7, 11) is -9.53. The van der Waals surface area contributed by atoms with Crippen LogP contribution in [0.2, 0.25) is 0 Å². The van der Waals surface area contributed by atoms with E-state index in [1.54, 1.807) is 13.8 Å². The fraction of sp³-hybridized carbons (Fsp3) is 0.947. The van der Waals surface area contributed by atoms with E-state index in [-0.39, 0.29) is 31.7 Å². The standard InChI is InChI=1S/C19H35NO14S2/c1-9-10(2)15(34-18(19(23)24)12(9)4-21)7-31-6-13-11(3)17(20-35(25,26)27)14(5-22)33-16(13)8-32-36(28,29)30/h9-18,20-22H,4-8H2,1-3H3,(H,23,24)(H,25,26,27)(H,28,29,30)/t9-,10?,11+,12-,13-,14+,15+,16?,17?,18?/m1/s1. The number of aliphatic hydroxyl groups is 2. The lowest BCUT2D eigenvalue weighted by Crippen LogP contribution is -2.60. The van der Waals surface area contributed by atoms with Crippen molar-refractivity contribution in [2.24, 2.45) is 29.6 Å². The molecule has 15 nitrogen and oxygen atoms in total. The van der Waals surface area contributed by atoms with Crippen molar-refractivity contribution in [1.82, 2.24) is 4.72 Å². The van der Waals surface area contributed by atoms with Crippen LogP contribution in [0.1, 0.15) is 20.8 Å². The van der Waals surface area contributed by atoms with E-state index >= 15 is 0 Å². The number of hydrogen-bond donors (Lipinski definition) is 6. The van der Waals surface area contributed by atoms with E-state index in [1.165, 1.54) is 0 Å². The molecule has 0 saturated carbocycles. The van der Waals surface area contributed by atoms with Gasteiger partial charge in [-0.15, -0.1) is 0 Å². The summed E-state index contributed by atoms with van der Waals surface area (Å²) >= 11 is 0. The molecular weight excluding hydrogens is 530 g/mol. The van der Waals surface area contributed by atoms with Gasteiger partial charge in [-0.3, -0.25) is 9.11 Å². The van der Waals surface area contributed by atoms with Crippen molar-refractivity contribution in [3.8, 4) is 0 Å². The molecule has 2 rings (SSSR count). The summed E-state index contributed by atoms with van der Waals surface area (Å²) in [5.74, 6) is -3.68. The Morgan fingerprint density at radius 2 is 1.47 bits per heavy atom. The number of carboxylic acid groups (broad SMARTS) is 1. The van der Waals surface area contributed by atoms with Crippen molar-refractivity contribution in [3.63, 3.8) is 0 Å². The maximum absolute atomic E-state index is 11.6. The van der Waals surface area contributed by atoms with E-state index in [0.717, 1.165) is 0 Å². The average Bonchev–Trinajstić information content (AvgIpc) is 2.76. The molecule has 2 aliphatic rings. The third-order valence-corrected chi connectivity index (χ3v) is 8.17. The second kappa shape index (κ2) is 12.7. The van der Waals surface area contributed by atoms with E-state index in [4.69, 9.17) is 18.8 Å². The number of ether oxygens (including phenoxy) is 3. The smallest absolute Gasteiger partial charge is 0.397 e. The summed E-state index contributed by atoms with van der Waals surface area (Å²) in [5.41, 5.74) is 0. The van der Waals surface area contributed by atoms with E-state index in [9.17, 15) is 41.5 Å². The molecule has 0 aromatic carbocycles. The zero-order valence-electron chi connectivity index (χ0n) is 20.0. The van der Waals surface area contributed by atoms with Crippen LogP contribution in [0.25, 0.3) is 0 Å². The van der Waals surface area contributed by atoms with Crippen LogP contribution >= 0.6 is 0 Å². The summed E-state index contributed by atoms with van der Waals surface area (Å²) in [6, 6.07) is -1.12. The molecule has 0 aliphatic carbocycles. The largest absolute Gasteiger partial charge is 0.479 e. The highest BCUT2D eigenvalue weighted by molar-refractivity contribution is 7.83. The summed E-state index contributed by atoms with van der Waals surface area (Å²) in [5, 5.41) is 28.7. The maximum Gasteiger partial charge on any atom is 0.397 e. The van der Waals surface area contributed by atoms with Gasteiger partial charge in [0.1, 0.15) is 0 Å². The predicted molar refractivity (Wildman–Crippen MR) is 120 cm³/mol. The van der Waals surface area contributed by atoms with Gasteiger partial charge in [0, 0.05) is 18.4 Å². The van der Waals surface area contributed by atoms with Crippen molar-refractivity contribution in [2.45, 2.75) is 51.2 Å². The Labute approximate surface area is 209 Å². The number of nitrogens with one attached hydrogen (secondary N) is 1. The molecule has 6 N–H and O–H groups in total. The third-order valence-electron chi connectivity index (χ3n) is 7.16. The number of carboxylic acids is 1. The van der Waals surface area contributed by atoms with Crippen LogP contribution in [0.5, 0.6) is 0 Å². The number of rotatable bonds is 12. The Balaban J connectivity index is 2.17. The molecule has 2 aliphatic heterocycles. The van der Waals surface area contributed by atoms with E-state index < -0.39 is 88.1 Å². The first-order chi connectivity index (χ1) is 16.6. The Morgan fingerprint density at radius 1 is 0.833 bits per heavy atom. The van der Waals surface area contributed by atoms with E-state index in [0.29, 0.717) is 0 Å². The molecule has 212 valence electrons. The van der Waals surface area contributed by atoms with Gasteiger partial charge in [0.2, 0.25) is 0 Å². The van der Waals surface area contributed by atoms with Crippen molar-refractivity contribution < 1.29 is 64.4 Å². The van der Waals surface area contributed by atoms with Crippen molar-refractivity contribution in [3.05, 3.63) is 0 Å². The van der Waals surface area contributed by atoms with Crippen LogP contribution in [0.3, 0.4) is 0 Å². The summed E-state index contributed by atoms with van der Waals surface area (Å²) < 4.78 is 86.7. The lowest BCUT2D eigenvalue weighted by atomic mass is 9.76. The monoisotopic (exact) mass is 565 g/mol. The van der Waals surface area contributed by atoms with Crippen LogP contribution in [0.15, 0.2) is 0 Å². The van der Waals surface area contributed by atoms with Crippen molar-refractivity contribution in [1.29, 1.82) is 0 Å². The van der Waals surface area contributed by atoms with E-state index in [1.807, 2.05) is 11.6 Å². The first-order valence-corrected chi connectivity index (χ1v) is 14.1. The molecule has 36 heavy (non-hydrogen) atoms. The van der Waals surface area contributed by atoms with Gasteiger partial charge < -0.3 is 29.5 Å². The van der Waals surface area contributed by atoms with Crippen LogP contribution in [-0.4, -0.2) is 111 Å². The lowest BCUT2D eigenvalue weighted by molar-refractivity contribution is -0.198. The number of carbonyl (C=O) groups is 1. The van der Waals surface area contributed by atoms with Crippen LogP contribution in [0, 0.1) is 29.6 Å². The van der Waals surface area contributed by atoms with Crippen LogP contribution < -0.4 is 4.72 Å². The first-order valence-electron chi connectivity index (χ1n) is 11.3. The molecule has 0 amide bonds. The molecule has 0 radical (unpaired) electrons. The molecule has 0 aromatic heterocycles. The van der Waals surface area contributed by atoms with Gasteiger partial charge >= 0.3 is 26.7 Å². The molecule has 2 saturated heterocycles. The Morgan fingerprint density at radius 3 is 1.97 bits per heavy atom. The van der Waals surface area contributed by atoms with Gasteiger partial charge in [0.15, 0.2) is 6.10 Å². The first kappa shape index (κ1) is 31.2. The topological polar surface area (TPSA) is 235 Å². The summed E-state index contributed by atoms with van der Waals surface area (Å²) in [6.45, 7) is 3.24. The second-order valence-electron chi connectivity index (χ2n) is 9.28. The molecule has 0 aromatic rings. The molecule has 0 spiro atoms. The number of hydrogen-bond acceptors (Lipinski definition) is 11. The molecule has 17 heteroatoms. The maximum atomic E-state index is 11.6. The minimum absolute atomic E-state index is 0.0810. The highest BCUT2D eigenvalue weighted by Gasteiger charge is 2.47. The van der Waals surface area contributed by atoms with Crippen molar-refractivity contribution in [2.75, 3.05) is 33.0 Å². The molecule has 4 unspecified atom stereocenters. The van der Waals surface area contributed by atoms with E-state index in [2.05, 4.69) is 4.18 Å². The zero-order valence-corrected chi connectivity index (χ0v) is 21.7.